The molecule has 0 unspecified atom stereocenters. The minimum Gasteiger partial charge on any atom is -0.481 e. The average Bonchev–Trinajstić information content (AvgIpc) is 2.98. The van der Waals surface area contributed by atoms with Crippen LogP contribution in [0.2, 0.25) is 0 Å². The van der Waals surface area contributed by atoms with Gasteiger partial charge in [-0.2, -0.15) is 0 Å². The molecule has 1 fully saturated rings. The van der Waals surface area contributed by atoms with Crippen LogP contribution in [-0.4, -0.2) is 52.7 Å². The summed E-state index contributed by atoms with van der Waals surface area (Å²) in [7, 11) is 0. The predicted octanol–water partition coefficient (Wildman–Crippen LogP) is 2.19. The van der Waals surface area contributed by atoms with Crippen molar-refractivity contribution in [2.24, 2.45) is 0 Å². The van der Waals surface area contributed by atoms with E-state index >= 15 is 0 Å². The Hall–Kier alpha value is -2.34. The van der Waals surface area contributed by atoms with Gasteiger partial charge in [0.25, 0.3) is 0 Å². The Balaban J connectivity index is 1.49. The van der Waals surface area contributed by atoms with Crippen molar-refractivity contribution in [2.45, 2.75) is 31.8 Å². The summed E-state index contributed by atoms with van der Waals surface area (Å²) < 4.78 is 5.40. The fourth-order valence-electron chi connectivity index (χ4n) is 3.19. The van der Waals surface area contributed by atoms with E-state index in [0.717, 1.165) is 18.4 Å². The van der Waals surface area contributed by atoms with Crippen LogP contribution in [0.15, 0.2) is 30.5 Å². The summed E-state index contributed by atoms with van der Waals surface area (Å²) >= 11 is 0. The number of aryl methyl sites for hydroxylation is 1. The van der Waals surface area contributed by atoms with Gasteiger partial charge < -0.3 is 19.7 Å². The highest BCUT2D eigenvalue weighted by Gasteiger charge is 2.25. The van der Waals surface area contributed by atoms with Crippen LogP contribution >= 0.6 is 0 Å². The van der Waals surface area contributed by atoms with Gasteiger partial charge in [-0.3, -0.25) is 9.59 Å². The van der Waals surface area contributed by atoms with Crippen LogP contribution in [0.25, 0.3) is 10.9 Å². The predicted molar refractivity (Wildman–Crippen MR) is 89.8 cm³/mol. The van der Waals surface area contributed by atoms with Gasteiger partial charge in [0.2, 0.25) is 5.91 Å². The number of nitrogens with zero attached hydrogens (tertiary/aromatic N) is 1. The number of hydrogen-bond acceptors (Lipinski definition) is 3. The minimum absolute atomic E-state index is 0.0564. The maximum atomic E-state index is 12.3. The van der Waals surface area contributed by atoms with Crippen molar-refractivity contribution in [2.75, 3.05) is 19.7 Å². The van der Waals surface area contributed by atoms with Crippen LogP contribution in [0.3, 0.4) is 0 Å². The highest BCUT2D eigenvalue weighted by molar-refractivity contribution is 5.83. The molecule has 3 rings (SSSR count). The molecule has 0 radical (unpaired) electrons. The van der Waals surface area contributed by atoms with Gasteiger partial charge in [0.15, 0.2) is 0 Å². The van der Waals surface area contributed by atoms with Crippen LogP contribution in [0.1, 0.15) is 24.8 Å². The Labute approximate surface area is 140 Å². The molecule has 1 aliphatic heterocycles. The van der Waals surface area contributed by atoms with Gasteiger partial charge in [-0.15, -0.1) is 0 Å². The molecule has 2 aromatic rings. The van der Waals surface area contributed by atoms with Crippen molar-refractivity contribution in [3.63, 3.8) is 0 Å². The molecule has 0 aliphatic carbocycles. The lowest BCUT2D eigenvalue weighted by atomic mass is 10.1. The SMILES string of the molecule is O=C(O)C[C@@H]1CN(C(=O)CCCc2c[nH]c3ccccc23)CCO1. The van der Waals surface area contributed by atoms with Crippen molar-refractivity contribution in [3.8, 4) is 0 Å². The Morgan fingerprint density at radius 3 is 3.00 bits per heavy atom. The number of fused-ring (bicyclic) bond motifs is 1. The van der Waals surface area contributed by atoms with Gasteiger partial charge in [-0.25, -0.2) is 0 Å². The molecular formula is C18H22N2O4. The third-order valence-corrected chi connectivity index (χ3v) is 4.41. The molecule has 128 valence electrons. The Morgan fingerprint density at radius 1 is 1.33 bits per heavy atom. The van der Waals surface area contributed by atoms with E-state index in [1.54, 1.807) is 4.90 Å². The second-order valence-corrected chi connectivity index (χ2v) is 6.14. The number of morpholine rings is 1. The maximum Gasteiger partial charge on any atom is 0.306 e. The fraction of sp³-hybridized carbons (Fsp3) is 0.444. The van der Waals surface area contributed by atoms with Crippen molar-refractivity contribution >= 4 is 22.8 Å². The number of ether oxygens (including phenoxy) is 1. The van der Waals surface area contributed by atoms with E-state index in [-0.39, 0.29) is 12.3 Å². The number of aromatic amines is 1. The molecule has 1 aromatic carbocycles. The number of hydrogen-bond donors (Lipinski definition) is 2. The first-order valence-electron chi connectivity index (χ1n) is 8.29. The Bertz CT molecular complexity index is 725. The van der Waals surface area contributed by atoms with E-state index in [0.29, 0.717) is 26.1 Å². The number of aromatic nitrogens is 1. The summed E-state index contributed by atoms with van der Waals surface area (Å²) in [6, 6.07) is 8.14. The number of carboxylic acid groups (broad SMARTS) is 1. The molecule has 0 bridgehead atoms. The first kappa shape index (κ1) is 16.5. The minimum atomic E-state index is -0.895. The standard InChI is InChI=1S/C18H22N2O4/c21-17(20-8-9-24-14(12-20)10-18(22)23)7-3-4-13-11-19-16-6-2-1-5-15(13)16/h1-2,5-6,11,14,19H,3-4,7-10,12H2,(H,22,23)/t14-/m1/s1. The molecule has 0 saturated carbocycles. The van der Waals surface area contributed by atoms with Crippen molar-refractivity contribution in [1.82, 2.24) is 9.88 Å². The molecule has 6 heteroatoms. The molecule has 24 heavy (non-hydrogen) atoms. The van der Waals surface area contributed by atoms with E-state index in [1.165, 1.54) is 10.9 Å². The van der Waals surface area contributed by atoms with E-state index in [1.807, 2.05) is 24.4 Å². The van der Waals surface area contributed by atoms with Gasteiger partial charge in [0.05, 0.1) is 19.1 Å². The third kappa shape index (κ3) is 3.94. The molecule has 1 saturated heterocycles. The number of benzene rings is 1. The van der Waals surface area contributed by atoms with Crippen LogP contribution in [-0.2, 0) is 20.7 Å². The van der Waals surface area contributed by atoms with Crippen LogP contribution in [0, 0.1) is 0 Å². The van der Waals surface area contributed by atoms with Crippen molar-refractivity contribution < 1.29 is 19.4 Å². The zero-order chi connectivity index (χ0) is 16.9. The molecular weight excluding hydrogens is 308 g/mol. The first-order valence-corrected chi connectivity index (χ1v) is 8.29. The number of carbonyl (C=O) groups is 2. The number of nitrogens with one attached hydrogen (secondary N) is 1. The van der Waals surface area contributed by atoms with E-state index < -0.39 is 12.1 Å². The van der Waals surface area contributed by atoms with E-state index in [2.05, 4.69) is 11.1 Å². The second kappa shape index (κ2) is 7.49. The Morgan fingerprint density at radius 2 is 2.17 bits per heavy atom. The Kier molecular flexibility index (Phi) is 5.15. The summed E-state index contributed by atoms with van der Waals surface area (Å²) in [6.07, 6.45) is 3.65. The molecule has 6 nitrogen and oxygen atoms in total. The molecule has 2 N–H and O–H groups in total. The molecule has 1 aliphatic rings. The summed E-state index contributed by atoms with van der Waals surface area (Å²) in [6.45, 7) is 1.33. The average molecular weight is 330 g/mol. The lowest BCUT2D eigenvalue weighted by Crippen LogP contribution is -2.46. The van der Waals surface area contributed by atoms with Gasteiger partial charge in [0, 0.05) is 36.6 Å². The van der Waals surface area contributed by atoms with Crippen LogP contribution in [0.4, 0.5) is 0 Å². The highest BCUT2D eigenvalue weighted by Crippen LogP contribution is 2.20. The van der Waals surface area contributed by atoms with E-state index in [4.69, 9.17) is 9.84 Å². The van der Waals surface area contributed by atoms with Crippen LogP contribution < -0.4 is 0 Å². The zero-order valence-electron chi connectivity index (χ0n) is 13.5. The summed E-state index contributed by atoms with van der Waals surface area (Å²) in [4.78, 5) is 28.1. The maximum absolute atomic E-state index is 12.3. The zero-order valence-corrected chi connectivity index (χ0v) is 13.5. The topological polar surface area (TPSA) is 82.6 Å². The summed E-state index contributed by atoms with van der Waals surface area (Å²) in [5.41, 5.74) is 2.34. The number of amides is 1. The number of carboxylic acids is 1. The molecule has 1 amide bonds. The van der Waals surface area contributed by atoms with Crippen LogP contribution in [0.5, 0.6) is 0 Å². The normalized spacial score (nSPS) is 18.0. The van der Waals surface area contributed by atoms with Gasteiger partial charge >= 0.3 is 5.97 Å². The van der Waals surface area contributed by atoms with Gasteiger partial charge in [-0.05, 0) is 24.5 Å². The lowest BCUT2D eigenvalue weighted by molar-refractivity contribution is -0.147. The van der Waals surface area contributed by atoms with Gasteiger partial charge in [-0.1, -0.05) is 18.2 Å². The highest BCUT2D eigenvalue weighted by atomic mass is 16.5. The molecule has 1 atom stereocenters. The quantitative estimate of drug-likeness (QED) is 0.850. The summed E-state index contributed by atoms with van der Waals surface area (Å²) in [5, 5.41) is 10.0. The number of para-hydroxylation sites is 1. The number of carbonyl (C=O) groups excluding carboxylic acids is 1. The molecule has 0 spiro atoms. The summed E-state index contributed by atoms with van der Waals surface area (Å²) in [5.74, 6) is -0.817. The van der Waals surface area contributed by atoms with Gasteiger partial charge in [0.1, 0.15) is 0 Å². The van der Waals surface area contributed by atoms with Crippen molar-refractivity contribution in [3.05, 3.63) is 36.0 Å². The van der Waals surface area contributed by atoms with E-state index in [9.17, 15) is 9.59 Å². The number of H-pyrrole nitrogens is 1. The lowest BCUT2D eigenvalue weighted by Gasteiger charge is -2.32. The number of aliphatic carboxylic acids is 1. The monoisotopic (exact) mass is 330 g/mol. The largest absolute Gasteiger partial charge is 0.481 e. The van der Waals surface area contributed by atoms with Crippen molar-refractivity contribution in [1.29, 1.82) is 0 Å². The third-order valence-electron chi connectivity index (χ3n) is 4.41. The second-order valence-electron chi connectivity index (χ2n) is 6.14. The molecule has 1 aromatic heterocycles. The smallest absolute Gasteiger partial charge is 0.306 e. The number of rotatable bonds is 6. The fourth-order valence-corrected chi connectivity index (χ4v) is 3.19. The first-order chi connectivity index (χ1) is 11.6. The molecule has 2 heterocycles.